The molecule has 0 aliphatic carbocycles. The number of hydrogen-bond donors (Lipinski definition) is 2. The van der Waals surface area contributed by atoms with Gasteiger partial charge in [0.1, 0.15) is 0 Å². The molecule has 0 amide bonds. The van der Waals surface area contributed by atoms with Gasteiger partial charge in [0.15, 0.2) is 0 Å². The van der Waals surface area contributed by atoms with E-state index in [1.54, 1.807) is 0 Å². The van der Waals surface area contributed by atoms with E-state index in [0.717, 1.165) is 0 Å². The van der Waals surface area contributed by atoms with Gasteiger partial charge in [-0.2, -0.15) is 10.3 Å². The van der Waals surface area contributed by atoms with Gasteiger partial charge in [0.25, 0.3) is 0 Å². The van der Waals surface area contributed by atoms with Gasteiger partial charge in [0, 0.05) is 0 Å². The van der Waals surface area contributed by atoms with Crippen LogP contribution in [0.1, 0.15) is 0 Å². The second kappa shape index (κ2) is 2.23. The Bertz CT molecular complexity index is 297. The van der Waals surface area contributed by atoms with Crippen molar-refractivity contribution in [3.05, 3.63) is 5.53 Å². The molecule has 0 radical (unpaired) electrons. The molecule has 0 spiro atoms. The van der Waals surface area contributed by atoms with E-state index in [-0.39, 0.29) is 0 Å². The van der Waals surface area contributed by atoms with Crippen LogP contribution in [0.25, 0.3) is 5.53 Å². The highest BCUT2D eigenvalue weighted by atomic mass is 32.3. The number of rotatable bonds is 2. The fourth-order valence-electron chi connectivity index (χ4n) is 0.145. The lowest BCUT2D eigenvalue weighted by molar-refractivity contribution is -0.204. The lowest BCUT2D eigenvalue weighted by atomic mass is 13.2. The van der Waals surface area contributed by atoms with Crippen LogP contribution in [-0.4, -0.2) is 20.3 Å². The van der Waals surface area contributed by atoms with Crippen LogP contribution in [-0.2, 0) is 20.4 Å². The fourth-order valence-corrected chi connectivity index (χ4v) is 1.30. The van der Waals surface area contributed by atoms with E-state index < -0.39 is 23.9 Å². The molecule has 4 N–H and O–H groups in total. The standard InChI is InChI=1S/H4N4O4S2/c1-4(9(2,5)6)10(3,7)8/h(H2,2,5,6)(H2,3,7,8). The normalized spacial score (nSPS) is 13.0. The summed E-state index contributed by atoms with van der Waals surface area (Å²) in [7, 11) is -9.37. The summed E-state index contributed by atoms with van der Waals surface area (Å²) in [6.45, 7) is 0. The van der Waals surface area contributed by atoms with Crippen molar-refractivity contribution < 1.29 is 20.3 Å². The van der Waals surface area contributed by atoms with E-state index in [1.807, 2.05) is 0 Å². The quantitative estimate of drug-likeness (QED) is 0.362. The Kier molecular flexibility index (Phi) is 2.10. The van der Waals surface area contributed by atoms with E-state index in [1.165, 1.54) is 0 Å². The SMILES string of the molecule is [N-]=[N+](S(N)(=O)=O)S(N)(=O)=O. The second-order valence-electron chi connectivity index (χ2n) is 1.27. The van der Waals surface area contributed by atoms with Gasteiger partial charge in [-0.15, -0.1) is 16.8 Å². The predicted molar refractivity (Wildman–Crippen MR) is 29.8 cm³/mol. The van der Waals surface area contributed by atoms with Crippen molar-refractivity contribution in [1.29, 1.82) is 0 Å². The monoisotopic (exact) mass is 188 g/mol. The molecule has 0 atom stereocenters. The second-order valence-corrected chi connectivity index (χ2v) is 4.25. The summed E-state index contributed by atoms with van der Waals surface area (Å²) in [4.78, 5) is 0. The topological polar surface area (TPSA) is 146 Å². The molecule has 0 fully saturated rings. The minimum Gasteiger partial charge on any atom is -0.465 e. The third-order valence-corrected chi connectivity index (χ3v) is 2.55. The van der Waals surface area contributed by atoms with Crippen LogP contribution in [0.4, 0.5) is 0 Å². The highest BCUT2D eigenvalue weighted by Gasteiger charge is 2.23. The van der Waals surface area contributed by atoms with E-state index in [9.17, 15) is 16.8 Å². The third-order valence-electron chi connectivity index (χ3n) is 0.435. The molecule has 10 heavy (non-hydrogen) atoms. The van der Waals surface area contributed by atoms with Crippen LogP contribution < -0.4 is 10.3 Å². The van der Waals surface area contributed by atoms with E-state index in [4.69, 9.17) is 5.53 Å². The molecule has 60 valence electrons. The molecular formula is H4N4O4S2. The van der Waals surface area contributed by atoms with Crippen molar-refractivity contribution in [1.82, 2.24) is 0 Å². The summed E-state index contributed by atoms with van der Waals surface area (Å²) in [6, 6.07) is 0. The van der Waals surface area contributed by atoms with Crippen LogP contribution >= 0.6 is 0 Å². The number of nitrogens with zero attached hydrogens (tertiary/aromatic N) is 2. The van der Waals surface area contributed by atoms with Crippen LogP contribution in [0, 0.1) is 0 Å². The zero-order chi connectivity index (χ0) is 8.58. The highest BCUT2D eigenvalue weighted by molar-refractivity contribution is 7.95. The number of hydrogen-bond acceptors (Lipinski definition) is 4. The van der Waals surface area contributed by atoms with E-state index in [2.05, 4.69) is 10.3 Å². The maximum absolute atomic E-state index is 9.97. The van der Waals surface area contributed by atoms with Crippen molar-refractivity contribution >= 4 is 20.4 Å². The first-order valence-corrected chi connectivity index (χ1v) is 4.71. The van der Waals surface area contributed by atoms with Crippen LogP contribution in [0.3, 0.4) is 0 Å². The van der Waals surface area contributed by atoms with Gasteiger partial charge < -0.3 is 5.53 Å². The molecule has 0 bridgehead atoms. The van der Waals surface area contributed by atoms with Crippen LogP contribution in [0.5, 0.6) is 0 Å². The Morgan fingerprint density at radius 1 is 1.00 bits per heavy atom. The molecular weight excluding hydrogens is 184 g/mol. The van der Waals surface area contributed by atoms with E-state index in [0.29, 0.717) is 0 Å². The molecule has 0 aromatic carbocycles. The van der Waals surface area contributed by atoms with Crippen LogP contribution in [0.2, 0.25) is 0 Å². The van der Waals surface area contributed by atoms with E-state index >= 15 is 0 Å². The van der Waals surface area contributed by atoms with Gasteiger partial charge in [0.05, 0.1) is 0 Å². The fraction of sp³-hybridized carbons (Fsp3) is 0. The minimum atomic E-state index is -4.68. The van der Waals surface area contributed by atoms with Gasteiger partial charge in [-0.3, -0.25) is 0 Å². The highest BCUT2D eigenvalue weighted by Crippen LogP contribution is 1.87. The zero-order valence-electron chi connectivity index (χ0n) is 4.50. The summed E-state index contributed by atoms with van der Waals surface area (Å²) < 4.78 is 38.8. The molecule has 0 unspecified atom stereocenters. The summed E-state index contributed by atoms with van der Waals surface area (Å²) in [5, 5.41) is 8.31. The van der Waals surface area contributed by atoms with Gasteiger partial charge >= 0.3 is 20.4 Å². The van der Waals surface area contributed by atoms with Crippen molar-refractivity contribution in [2.75, 3.05) is 0 Å². The minimum absolute atomic E-state index is 1.12. The first-order chi connectivity index (χ1) is 4.15. The zero-order valence-corrected chi connectivity index (χ0v) is 6.13. The smallest absolute Gasteiger partial charge is 0.444 e. The first kappa shape index (κ1) is 9.42. The average molecular weight is 188 g/mol. The summed E-state index contributed by atoms with van der Waals surface area (Å²) in [5.41, 5.74) is 8.13. The van der Waals surface area contributed by atoms with Crippen molar-refractivity contribution in [3.8, 4) is 0 Å². The summed E-state index contributed by atoms with van der Waals surface area (Å²) in [5.74, 6) is 0. The van der Waals surface area contributed by atoms with Gasteiger partial charge in [-0.25, -0.2) is 0 Å². The Morgan fingerprint density at radius 3 is 1.20 bits per heavy atom. The first-order valence-electron chi connectivity index (χ1n) is 1.70. The molecule has 0 aliphatic rings. The molecule has 8 nitrogen and oxygen atoms in total. The number of nitrogens with two attached hydrogens (primary N) is 2. The van der Waals surface area contributed by atoms with Gasteiger partial charge in [0.2, 0.25) is 0 Å². The molecule has 0 heterocycles. The van der Waals surface area contributed by atoms with Crippen LogP contribution in [0.15, 0.2) is 0 Å². The molecule has 10 heteroatoms. The van der Waals surface area contributed by atoms with Crippen molar-refractivity contribution in [2.45, 2.75) is 0 Å². The lowest BCUT2D eigenvalue weighted by Gasteiger charge is -1.95. The lowest BCUT2D eigenvalue weighted by Crippen LogP contribution is -2.35. The summed E-state index contributed by atoms with van der Waals surface area (Å²) in [6.07, 6.45) is 0. The molecule has 0 aromatic heterocycles. The third kappa shape index (κ3) is 2.34. The van der Waals surface area contributed by atoms with Crippen molar-refractivity contribution in [2.24, 2.45) is 10.3 Å². The average Bonchev–Trinajstić information content (AvgIpc) is 1.59. The summed E-state index contributed by atoms with van der Waals surface area (Å²) >= 11 is 0. The maximum atomic E-state index is 9.97. The molecule has 0 saturated heterocycles. The molecule has 0 aromatic rings. The van der Waals surface area contributed by atoms with Gasteiger partial charge in [-0.1, -0.05) is 3.51 Å². The Morgan fingerprint density at radius 2 is 1.20 bits per heavy atom. The largest absolute Gasteiger partial charge is 0.465 e. The Hall–Kier alpha value is -0.580. The van der Waals surface area contributed by atoms with Crippen molar-refractivity contribution in [3.63, 3.8) is 0 Å². The molecule has 0 aliphatic heterocycles. The Labute approximate surface area is 57.3 Å². The van der Waals surface area contributed by atoms with Gasteiger partial charge in [-0.05, 0) is 0 Å². The maximum Gasteiger partial charge on any atom is 0.444 e. The molecule has 0 rings (SSSR count). The Balaban J connectivity index is 5.16. The molecule has 0 saturated carbocycles. The predicted octanol–water partition coefficient (Wildman–Crippen LogP) is -2.57.